The molecule has 3 N–H and O–H groups in total. The van der Waals surface area contributed by atoms with Crippen molar-refractivity contribution in [3.05, 3.63) is 70.2 Å². The molecule has 34 heavy (non-hydrogen) atoms. The highest BCUT2D eigenvalue weighted by Crippen LogP contribution is 2.21. The minimum atomic E-state index is -0.928. The Hall–Kier alpha value is -2.90. The highest BCUT2D eigenvalue weighted by molar-refractivity contribution is 6.30. The molecule has 1 fully saturated rings. The molecule has 1 aliphatic heterocycles. The van der Waals surface area contributed by atoms with Gasteiger partial charge in [-0.05, 0) is 55.2 Å². The van der Waals surface area contributed by atoms with E-state index in [1.165, 1.54) is 4.90 Å². The minimum absolute atomic E-state index is 0.0512. The van der Waals surface area contributed by atoms with Gasteiger partial charge in [-0.15, -0.1) is 0 Å². The molecule has 0 radical (unpaired) electrons. The molecule has 3 rings (SSSR count). The van der Waals surface area contributed by atoms with Crippen LogP contribution >= 0.6 is 11.6 Å². The molecule has 0 bridgehead atoms. The molecule has 1 heterocycles. The van der Waals surface area contributed by atoms with Crippen molar-refractivity contribution >= 4 is 29.4 Å². The Morgan fingerprint density at radius 1 is 1.12 bits per heavy atom. The van der Waals surface area contributed by atoms with Gasteiger partial charge < -0.3 is 15.5 Å². The van der Waals surface area contributed by atoms with Crippen LogP contribution in [0.15, 0.2) is 48.5 Å². The van der Waals surface area contributed by atoms with Crippen molar-refractivity contribution in [1.82, 2.24) is 20.4 Å². The number of carbonyl (C=O) groups is 2. The highest BCUT2D eigenvalue weighted by atomic mass is 35.5. The predicted octanol–water partition coefficient (Wildman–Crippen LogP) is 4.02. The monoisotopic (exact) mass is 483 g/mol. The van der Waals surface area contributed by atoms with E-state index in [1.807, 2.05) is 41.3 Å². The summed E-state index contributed by atoms with van der Waals surface area (Å²) in [6.45, 7) is 8.58. The molecule has 0 aliphatic carbocycles. The molecule has 2 amide bonds. The molecular weight excluding hydrogens is 450 g/mol. The van der Waals surface area contributed by atoms with Crippen LogP contribution in [0.1, 0.15) is 55.1 Å². The average Bonchev–Trinajstić information content (AvgIpc) is 3.02. The molecule has 2 aromatic carbocycles. The van der Waals surface area contributed by atoms with Gasteiger partial charge in [0.25, 0.3) is 11.8 Å². The van der Waals surface area contributed by atoms with Gasteiger partial charge in [-0.25, -0.2) is 0 Å². The van der Waals surface area contributed by atoms with Crippen LogP contribution in [0.3, 0.4) is 0 Å². The number of carbonyl (C=O) groups excluding carboxylic acids is 2. The van der Waals surface area contributed by atoms with Crippen molar-refractivity contribution in [3.63, 3.8) is 0 Å². The topological polar surface area (TPSA) is 88.5 Å². The lowest BCUT2D eigenvalue weighted by atomic mass is 10.0. The maximum absolute atomic E-state index is 13.1. The Bertz CT molecular complexity index is 1040. The standard InChI is InChI=1S/C26H34ClN5O2/c1-4-12-31(13-5-2)23(33)21-10-6-8-19(14-21)16-29-18-26(3)24(34)32(25(28)30-26)17-20-9-7-11-22(27)15-20/h6-11,14-15,29H,4-5,12-13,16-18H2,1-3H3,(H2,28,30). The zero-order chi connectivity index (χ0) is 24.7. The maximum atomic E-state index is 13.1. The maximum Gasteiger partial charge on any atom is 0.256 e. The van der Waals surface area contributed by atoms with Crippen LogP contribution in [0, 0.1) is 5.41 Å². The molecule has 1 unspecified atom stereocenters. The Labute approximate surface area is 207 Å². The van der Waals surface area contributed by atoms with E-state index in [1.54, 1.807) is 19.1 Å². The van der Waals surface area contributed by atoms with Gasteiger partial charge in [0.05, 0.1) is 6.54 Å². The first-order chi connectivity index (χ1) is 16.3. The van der Waals surface area contributed by atoms with E-state index in [4.69, 9.17) is 17.0 Å². The number of guanidine groups is 1. The van der Waals surface area contributed by atoms with Crippen LogP contribution in [0.4, 0.5) is 0 Å². The van der Waals surface area contributed by atoms with Gasteiger partial charge in [0, 0.05) is 36.8 Å². The Kier molecular flexibility index (Phi) is 8.69. The summed E-state index contributed by atoms with van der Waals surface area (Å²) in [5.41, 5.74) is 1.59. The fraction of sp³-hybridized carbons (Fsp3) is 0.423. The second-order valence-corrected chi connectivity index (χ2v) is 9.36. The lowest BCUT2D eigenvalue weighted by Gasteiger charge is -2.23. The van der Waals surface area contributed by atoms with Crippen LogP contribution in [0.2, 0.25) is 5.02 Å². The van der Waals surface area contributed by atoms with Gasteiger partial charge in [0.15, 0.2) is 5.96 Å². The smallest absolute Gasteiger partial charge is 0.256 e. The average molecular weight is 484 g/mol. The van der Waals surface area contributed by atoms with Crippen LogP contribution in [-0.4, -0.2) is 52.7 Å². The van der Waals surface area contributed by atoms with Gasteiger partial charge in [0.1, 0.15) is 5.54 Å². The predicted molar refractivity (Wildman–Crippen MR) is 136 cm³/mol. The van der Waals surface area contributed by atoms with Crippen molar-refractivity contribution in [1.29, 1.82) is 5.41 Å². The van der Waals surface area contributed by atoms with E-state index in [9.17, 15) is 9.59 Å². The summed E-state index contributed by atoms with van der Waals surface area (Å²) in [4.78, 5) is 29.4. The van der Waals surface area contributed by atoms with Crippen LogP contribution < -0.4 is 10.6 Å². The minimum Gasteiger partial charge on any atom is -0.341 e. The van der Waals surface area contributed by atoms with Gasteiger partial charge in [0.2, 0.25) is 0 Å². The van der Waals surface area contributed by atoms with Gasteiger partial charge in [-0.1, -0.05) is 49.7 Å². The molecule has 1 aliphatic rings. The summed E-state index contributed by atoms with van der Waals surface area (Å²) in [7, 11) is 0. The summed E-state index contributed by atoms with van der Waals surface area (Å²) < 4.78 is 0. The summed E-state index contributed by atoms with van der Waals surface area (Å²) in [6, 6.07) is 14.9. The molecule has 0 aromatic heterocycles. The molecule has 1 saturated heterocycles. The van der Waals surface area contributed by atoms with E-state index in [2.05, 4.69) is 24.5 Å². The van der Waals surface area contributed by atoms with Gasteiger partial charge >= 0.3 is 0 Å². The fourth-order valence-electron chi connectivity index (χ4n) is 4.18. The zero-order valence-corrected chi connectivity index (χ0v) is 20.9. The van der Waals surface area contributed by atoms with E-state index >= 15 is 0 Å². The van der Waals surface area contributed by atoms with Gasteiger partial charge in [-0.2, -0.15) is 0 Å². The third-order valence-corrected chi connectivity index (χ3v) is 6.10. The molecule has 2 aromatic rings. The lowest BCUT2D eigenvalue weighted by Crippen LogP contribution is -2.51. The molecular formula is C26H34ClN5O2. The van der Waals surface area contributed by atoms with Crippen molar-refractivity contribution in [2.45, 2.75) is 52.2 Å². The Morgan fingerprint density at radius 3 is 2.47 bits per heavy atom. The molecule has 0 saturated carbocycles. The first-order valence-corrected chi connectivity index (χ1v) is 12.2. The van der Waals surface area contributed by atoms with E-state index in [0.717, 1.165) is 37.1 Å². The summed E-state index contributed by atoms with van der Waals surface area (Å²) in [5.74, 6) is -0.0345. The largest absolute Gasteiger partial charge is 0.341 e. The van der Waals surface area contributed by atoms with Crippen LogP contribution in [-0.2, 0) is 17.9 Å². The molecule has 1 atom stereocenters. The molecule has 8 heteroatoms. The van der Waals surface area contributed by atoms with E-state index in [0.29, 0.717) is 23.7 Å². The number of nitrogens with zero attached hydrogens (tertiary/aromatic N) is 2. The normalized spacial score (nSPS) is 17.7. The summed E-state index contributed by atoms with van der Waals surface area (Å²) in [5, 5.41) is 15.2. The first kappa shape index (κ1) is 25.7. The van der Waals surface area contributed by atoms with Crippen molar-refractivity contribution in [3.8, 4) is 0 Å². The number of benzene rings is 2. The number of rotatable bonds is 11. The second kappa shape index (κ2) is 11.5. The lowest BCUT2D eigenvalue weighted by molar-refractivity contribution is -0.130. The second-order valence-electron chi connectivity index (χ2n) is 8.92. The van der Waals surface area contributed by atoms with Crippen molar-refractivity contribution in [2.75, 3.05) is 19.6 Å². The Morgan fingerprint density at radius 2 is 1.79 bits per heavy atom. The number of nitrogens with one attached hydrogen (secondary N) is 3. The van der Waals surface area contributed by atoms with Crippen molar-refractivity contribution in [2.24, 2.45) is 0 Å². The molecule has 0 spiro atoms. The van der Waals surface area contributed by atoms with Crippen LogP contribution in [0.25, 0.3) is 0 Å². The zero-order valence-electron chi connectivity index (χ0n) is 20.2. The summed E-state index contributed by atoms with van der Waals surface area (Å²) in [6.07, 6.45) is 1.85. The number of hydrogen-bond acceptors (Lipinski definition) is 4. The van der Waals surface area contributed by atoms with Crippen LogP contribution in [0.5, 0.6) is 0 Å². The first-order valence-electron chi connectivity index (χ1n) is 11.8. The number of hydrogen-bond donors (Lipinski definition) is 3. The Balaban J connectivity index is 1.60. The quantitative estimate of drug-likeness (QED) is 0.450. The molecule has 7 nitrogen and oxygen atoms in total. The SMILES string of the molecule is CCCN(CCC)C(=O)c1cccc(CNCC2(C)NC(=N)N(Cc3cccc(Cl)c3)C2=O)c1. The van der Waals surface area contributed by atoms with E-state index < -0.39 is 5.54 Å². The fourth-order valence-corrected chi connectivity index (χ4v) is 4.39. The number of halogens is 1. The van der Waals surface area contributed by atoms with Gasteiger partial charge in [-0.3, -0.25) is 19.9 Å². The summed E-state index contributed by atoms with van der Waals surface area (Å²) >= 11 is 6.06. The third-order valence-electron chi connectivity index (χ3n) is 5.87. The van der Waals surface area contributed by atoms with E-state index in [-0.39, 0.29) is 24.3 Å². The number of amides is 2. The molecule has 182 valence electrons. The third kappa shape index (κ3) is 6.15. The van der Waals surface area contributed by atoms with Crippen molar-refractivity contribution < 1.29 is 9.59 Å². The highest BCUT2D eigenvalue weighted by Gasteiger charge is 2.45.